The summed E-state index contributed by atoms with van der Waals surface area (Å²) < 4.78 is 5.52. The van der Waals surface area contributed by atoms with Gasteiger partial charge >= 0.3 is 0 Å². The fourth-order valence-electron chi connectivity index (χ4n) is 1.99. The van der Waals surface area contributed by atoms with Crippen molar-refractivity contribution in [2.45, 2.75) is 19.6 Å². The van der Waals surface area contributed by atoms with Crippen LogP contribution in [-0.2, 0) is 16.1 Å². The van der Waals surface area contributed by atoms with Crippen molar-refractivity contribution in [1.82, 2.24) is 14.8 Å². The van der Waals surface area contributed by atoms with Crippen molar-refractivity contribution in [2.75, 3.05) is 33.8 Å². The number of carbonyl (C=O) groups excluding carboxylic acids is 1. The van der Waals surface area contributed by atoms with Gasteiger partial charge in [-0.2, -0.15) is 0 Å². The molecule has 0 aromatic carbocycles. The molecule has 0 bridgehead atoms. The first-order chi connectivity index (χ1) is 8.56. The number of nitrogens with zero attached hydrogens (tertiary/aromatic N) is 3. The van der Waals surface area contributed by atoms with Gasteiger partial charge in [-0.05, 0) is 6.92 Å². The van der Waals surface area contributed by atoms with Crippen LogP contribution < -0.4 is 0 Å². The molecule has 2 rings (SSSR count). The lowest BCUT2D eigenvalue weighted by atomic mass is 10.2. The molecule has 0 saturated carbocycles. The Morgan fingerprint density at radius 3 is 3.06 bits per heavy atom. The Hall–Kier alpha value is -0.980. The Morgan fingerprint density at radius 2 is 2.44 bits per heavy atom. The molecule has 1 aromatic heterocycles. The predicted octanol–water partition coefficient (Wildman–Crippen LogP) is 0.741. The summed E-state index contributed by atoms with van der Waals surface area (Å²) in [7, 11) is 3.52. The number of aromatic nitrogens is 1. The van der Waals surface area contributed by atoms with Crippen LogP contribution in [0.1, 0.15) is 10.7 Å². The highest BCUT2D eigenvalue weighted by atomic mass is 32.1. The van der Waals surface area contributed by atoms with Gasteiger partial charge in [0.05, 0.1) is 17.3 Å². The van der Waals surface area contributed by atoms with E-state index in [2.05, 4.69) is 15.3 Å². The van der Waals surface area contributed by atoms with Gasteiger partial charge in [-0.15, -0.1) is 11.3 Å². The maximum atomic E-state index is 11.9. The number of carbonyl (C=O) groups is 1. The number of likely N-dealkylation sites (N-methyl/N-ethyl adjacent to an activating group) is 1. The third-order valence-electron chi connectivity index (χ3n) is 2.92. The molecule has 2 heterocycles. The van der Waals surface area contributed by atoms with Crippen molar-refractivity contribution < 1.29 is 9.53 Å². The molecule has 100 valence electrons. The van der Waals surface area contributed by atoms with Crippen LogP contribution in [0.15, 0.2) is 5.38 Å². The van der Waals surface area contributed by atoms with E-state index in [0.29, 0.717) is 13.2 Å². The zero-order chi connectivity index (χ0) is 13.1. The first-order valence-electron chi connectivity index (χ1n) is 6.02. The summed E-state index contributed by atoms with van der Waals surface area (Å²) in [6.45, 7) is 4.91. The largest absolute Gasteiger partial charge is 0.366 e. The molecule has 6 heteroatoms. The van der Waals surface area contributed by atoms with Crippen LogP contribution in [0.25, 0.3) is 0 Å². The molecule has 1 saturated heterocycles. The molecule has 1 aliphatic rings. The van der Waals surface area contributed by atoms with E-state index in [1.54, 1.807) is 30.3 Å². The number of hydrogen-bond acceptors (Lipinski definition) is 5. The Morgan fingerprint density at radius 1 is 1.67 bits per heavy atom. The molecule has 1 aromatic rings. The Bertz CT molecular complexity index is 419. The first-order valence-corrected chi connectivity index (χ1v) is 6.90. The number of morpholine rings is 1. The summed E-state index contributed by atoms with van der Waals surface area (Å²) in [6, 6.07) is 0. The minimum atomic E-state index is -0.339. The van der Waals surface area contributed by atoms with E-state index < -0.39 is 0 Å². The van der Waals surface area contributed by atoms with Gasteiger partial charge in [-0.1, -0.05) is 0 Å². The van der Waals surface area contributed by atoms with Crippen LogP contribution >= 0.6 is 11.3 Å². The lowest BCUT2D eigenvalue weighted by Gasteiger charge is -2.32. The van der Waals surface area contributed by atoms with E-state index in [1.807, 2.05) is 6.92 Å². The van der Waals surface area contributed by atoms with Gasteiger partial charge in [-0.25, -0.2) is 4.98 Å². The van der Waals surface area contributed by atoms with E-state index in [-0.39, 0.29) is 12.0 Å². The van der Waals surface area contributed by atoms with Crippen molar-refractivity contribution >= 4 is 17.2 Å². The van der Waals surface area contributed by atoms with Gasteiger partial charge in [0.15, 0.2) is 0 Å². The lowest BCUT2D eigenvalue weighted by Crippen LogP contribution is -2.49. The highest BCUT2D eigenvalue weighted by Crippen LogP contribution is 2.14. The minimum absolute atomic E-state index is 0.0363. The molecule has 0 N–H and O–H groups in total. The van der Waals surface area contributed by atoms with Crippen LogP contribution in [0.3, 0.4) is 0 Å². The number of thiazole rings is 1. The first kappa shape index (κ1) is 13.5. The van der Waals surface area contributed by atoms with Crippen molar-refractivity contribution in [3.63, 3.8) is 0 Å². The van der Waals surface area contributed by atoms with Crippen molar-refractivity contribution in [3.8, 4) is 0 Å². The van der Waals surface area contributed by atoms with E-state index in [4.69, 9.17) is 4.74 Å². The van der Waals surface area contributed by atoms with Gasteiger partial charge in [-0.3, -0.25) is 9.69 Å². The van der Waals surface area contributed by atoms with Gasteiger partial charge in [0.2, 0.25) is 0 Å². The molecule has 18 heavy (non-hydrogen) atoms. The minimum Gasteiger partial charge on any atom is -0.366 e. The molecule has 1 fully saturated rings. The predicted molar refractivity (Wildman–Crippen MR) is 70.6 cm³/mol. The number of aryl methyl sites for hydroxylation is 1. The summed E-state index contributed by atoms with van der Waals surface area (Å²) in [4.78, 5) is 20.1. The molecule has 1 aliphatic heterocycles. The van der Waals surface area contributed by atoms with Gasteiger partial charge < -0.3 is 9.64 Å². The Kier molecular flexibility index (Phi) is 4.31. The normalized spacial score (nSPS) is 20.9. The lowest BCUT2D eigenvalue weighted by molar-refractivity contribution is -0.147. The van der Waals surface area contributed by atoms with Crippen LogP contribution in [-0.4, -0.2) is 60.6 Å². The summed E-state index contributed by atoms with van der Waals surface area (Å²) in [5.74, 6) is 0.0363. The molecule has 1 atom stereocenters. The van der Waals surface area contributed by atoms with E-state index in [9.17, 15) is 4.79 Å². The fourth-order valence-corrected chi connectivity index (χ4v) is 2.60. The quantitative estimate of drug-likeness (QED) is 0.812. The summed E-state index contributed by atoms with van der Waals surface area (Å²) in [5, 5.41) is 3.16. The molecule has 1 amide bonds. The zero-order valence-electron chi connectivity index (χ0n) is 11.0. The van der Waals surface area contributed by atoms with Crippen molar-refractivity contribution in [2.24, 2.45) is 0 Å². The van der Waals surface area contributed by atoms with Crippen LogP contribution in [0.4, 0.5) is 0 Å². The van der Waals surface area contributed by atoms with Crippen LogP contribution in [0.2, 0.25) is 0 Å². The molecule has 0 radical (unpaired) electrons. The Balaban J connectivity index is 1.92. The average molecular weight is 269 g/mol. The summed E-state index contributed by atoms with van der Waals surface area (Å²) >= 11 is 1.66. The molecular formula is C12H19N3O2S. The second-order valence-corrected chi connectivity index (χ2v) is 5.75. The molecular weight excluding hydrogens is 250 g/mol. The van der Waals surface area contributed by atoms with E-state index >= 15 is 0 Å². The molecule has 5 nitrogen and oxygen atoms in total. The van der Waals surface area contributed by atoms with Gasteiger partial charge in [0.25, 0.3) is 5.91 Å². The van der Waals surface area contributed by atoms with Crippen LogP contribution in [0.5, 0.6) is 0 Å². The van der Waals surface area contributed by atoms with E-state index in [0.717, 1.165) is 23.8 Å². The number of rotatable bonds is 3. The maximum absolute atomic E-state index is 11.9. The smallest absolute Gasteiger partial charge is 0.252 e. The van der Waals surface area contributed by atoms with E-state index in [1.165, 1.54) is 0 Å². The maximum Gasteiger partial charge on any atom is 0.252 e. The molecule has 0 spiro atoms. The second-order valence-electron chi connectivity index (χ2n) is 4.69. The summed E-state index contributed by atoms with van der Waals surface area (Å²) in [5.41, 5.74) is 1.08. The number of ether oxygens (including phenoxy) is 1. The topological polar surface area (TPSA) is 45.7 Å². The standard InChI is InChI=1S/C12H19N3O2S/c1-9-13-10(8-18-9)6-15-4-5-17-11(7-15)12(16)14(2)3/h8,11H,4-7H2,1-3H3. The zero-order valence-corrected chi connectivity index (χ0v) is 11.9. The third kappa shape index (κ3) is 3.28. The van der Waals surface area contributed by atoms with Crippen LogP contribution in [0, 0.1) is 6.92 Å². The van der Waals surface area contributed by atoms with Crippen molar-refractivity contribution in [3.05, 3.63) is 16.1 Å². The van der Waals surface area contributed by atoms with Gasteiger partial charge in [0, 0.05) is 39.1 Å². The fraction of sp³-hybridized carbons (Fsp3) is 0.667. The number of amides is 1. The average Bonchev–Trinajstić information content (AvgIpc) is 2.74. The Labute approximate surface area is 111 Å². The molecule has 0 aliphatic carbocycles. The molecule has 1 unspecified atom stereocenters. The SMILES string of the molecule is Cc1nc(CN2CCOC(C(=O)N(C)C)C2)cs1. The summed E-state index contributed by atoms with van der Waals surface area (Å²) in [6.07, 6.45) is -0.339. The highest BCUT2D eigenvalue weighted by Gasteiger charge is 2.27. The highest BCUT2D eigenvalue weighted by molar-refractivity contribution is 7.09. The second kappa shape index (κ2) is 5.77. The monoisotopic (exact) mass is 269 g/mol. The van der Waals surface area contributed by atoms with Gasteiger partial charge in [0.1, 0.15) is 6.10 Å². The number of hydrogen-bond donors (Lipinski definition) is 0. The third-order valence-corrected chi connectivity index (χ3v) is 3.74. The van der Waals surface area contributed by atoms with Crippen molar-refractivity contribution in [1.29, 1.82) is 0 Å².